The molecule has 23 heteroatoms. The van der Waals surface area contributed by atoms with E-state index < -0.39 is 83.3 Å². The highest BCUT2D eigenvalue weighted by atomic mass is 31.2. The number of aliphatic hydroxyl groups is 3. The van der Waals surface area contributed by atoms with Gasteiger partial charge in [-0.05, 0) is 0 Å². The topological polar surface area (TPSA) is 305 Å². The predicted octanol–water partition coefficient (Wildman–Crippen LogP) is -2.61. The number of nitrogen functional groups attached to an aromatic ring is 1. The fourth-order valence-electron chi connectivity index (χ4n) is 5.07. The average Bonchev–Trinajstić information content (AvgIpc) is 3.71. The van der Waals surface area contributed by atoms with Gasteiger partial charge in [0.15, 0.2) is 29.3 Å². The van der Waals surface area contributed by atoms with E-state index >= 15 is 0 Å². The second-order valence-electron chi connectivity index (χ2n) is 9.69. The molecule has 6 rings (SSSR count). The van der Waals surface area contributed by atoms with Gasteiger partial charge in [-0.1, -0.05) is 0 Å². The number of fused-ring (bicyclic) bond motifs is 2. The Balaban J connectivity index is 1.26. The number of aromatic amines is 1. The summed E-state index contributed by atoms with van der Waals surface area (Å²) < 4.78 is 48.8. The van der Waals surface area contributed by atoms with E-state index in [1.807, 2.05) is 0 Å². The first kappa shape index (κ1) is 29.9. The molecule has 0 spiro atoms. The molecular weight excluding hydrogens is 620 g/mol. The molecule has 232 valence electrons. The summed E-state index contributed by atoms with van der Waals surface area (Å²) in [6.45, 7) is -1.38. The van der Waals surface area contributed by atoms with Crippen LogP contribution in [0.3, 0.4) is 0 Å². The van der Waals surface area contributed by atoms with Crippen LogP contribution in [0.15, 0.2) is 30.0 Å². The molecule has 0 amide bonds. The Morgan fingerprint density at radius 3 is 2.49 bits per heavy atom. The van der Waals surface area contributed by atoms with Crippen molar-refractivity contribution in [1.29, 1.82) is 0 Å². The van der Waals surface area contributed by atoms with Gasteiger partial charge in [0.25, 0.3) is 5.56 Å². The molecule has 0 aromatic carbocycles. The Morgan fingerprint density at radius 1 is 1.02 bits per heavy atom. The standard InChI is InChI=1S/C20H25N9O12P2/c21-20-26-16-10(17(33)27-20)25-6-29(16)19-14(12(31)8(41-19)2-38-42(34)35)43(36,37)39-3-9-11(30)13(32)18(40-9)28-5-24-7-1-22-4-23-15(7)28/h1,4-6,8-9,11-14,18-19,30-32,42H,2-3H2,(H,34,35)(H,36,37)(H3,21,26,27,33)/t8-,9-,11-,12-,13-,14-,18-,19-/m1/s1. The van der Waals surface area contributed by atoms with Gasteiger partial charge in [-0.2, -0.15) is 4.98 Å². The van der Waals surface area contributed by atoms with Crippen molar-refractivity contribution < 1.29 is 52.8 Å². The van der Waals surface area contributed by atoms with E-state index in [0.29, 0.717) is 11.2 Å². The molecule has 8 N–H and O–H groups in total. The van der Waals surface area contributed by atoms with E-state index in [0.717, 1.165) is 10.9 Å². The number of imidazole rings is 2. The van der Waals surface area contributed by atoms with Crippen LogP contribution in [0.5, 0.6) is 0 Å². The minimum Gasteiger partial charge on any atom is -0.389 e. The number of aliphatic hydroxyl groups excluding tert-OH is 3. The summed E-state index contributed by atoms with van der Waals surface area (Å²) in [5.74, 6) is -0.297. The number of anilines is 1. The maximum absolute atomic E-state index is 13.7. The van der Waals surface area contributed by atoms with E-state index in [-0.39, 0.29) is 17.1 Å². The number of aromatic nitrogens is 8. The summed E-state index contributed by atoms with van der Waals surface area (Å²) in [6, 6.07) is 0. The number of nitrogens with one attached hydrogen (secondary N) is 1. The van der Waals surface area contributed by atoms with E-state index in [2.05, 4.69) is 34.4 Å². The first-order chi connectivity index (χ1) is 20.5. The van der Waals surface area contributed by atoms with Gasteiger partial charge in [0.1, 0.15) is 48.0 Å². The van der Waals surface area contributed by atoms with Crippen molar-refractivity contribution in [3.05, 3.63) is 35.5 Å². The molecule has 43 heavy (non-hydrogen) atoms. The molecule has 2 aliphatic rings. The quantitative estimate of drug-likeness (QED) is 0.0917. The summed E-state index contributed by atoms with van der Waals surface area (Å²) in [4.78, 5) is 54.7. The van der Waals surface area contributed by atoms with E-state index in [9.17, 15) is 34.1 Å². The molecule has 4 aromatic heterocycles. The first-order valence-corrected chi connectivity index (χ1v) is 15.4. The second kappa shape index (κ2) is 11.4. The monoisotopic (exact) mass is 645 g/mol. The molecule has 2 unspecified atom stereocenters. The molecule has 2 aliphatic heterocycles. The lowest BCUT2D eigenvalue weighted by atomic mass is 10.1. The van der Waals surface area contributed by atoms with Crippen molar-refractivity contribution in [2.75, 3.05) is 18.9 Å². The predicted molar refractivity (Wildman–Crippen MR) is 140 cm³/mol. The third-order valence-corrected chi connectivity index (χ3v) is 9.33. The lowest BCUT2D eigenvalue weighted by Gasteiger charge is -2.27. The van der Waals surface area contributed by atoms with Gasteiger partial charge in [-0.3, -0.25) is 28.0 Å². The maximum Gasteiger partial charge on any atom is 0.338 e. The van der Waals surface area contributed by atoms with Gasteiger partial charge in [0.05, 0.1) is 32.1 Å². The van der Waals surface area contributed by atoms with Gasteiger partial charge < -0.3 is 49.4 Å². The Labute approximate surface area is 239 Å². The van der Waals surface area contributed by atoms with Gasteiger partial charge in [0, 0.05) is 0 Å². The Hall–Kier alpha value is -3.20. The van der Waals surface area contributed by atoms with Crippen LogP contribution in [0.25, 0.3) is 22.3 Å². The van der Waals surface area contributed by atoms with Crippen LogP contribution in [0.2, 0.25) is 0 Å². The van der Waals surface area contributed by atoms with Gasteiger partial charge >= 0.3 is 15.9 Å². The van der Waals surface area contributed by atoms with Crippen LogP contribution >= 0.6 is 15.9 Å². The Morgan fingerprint density at radius 2 is 1.72 bits per heavy atom. The minimum atomic E-state index is -4.97. The third-order valence-electron chi connectivity index (χ3n) is 7.08. The summed E-state index contributed by atoms with van der Waals surface area (Å²) in [5, 5.41) is 32.3. The highest BCUT2D eigenvalue weighted by Gasteiger charge is 2.56. The largest absolute Gasteiger partial charge is 0.389 e. The summed E-state index contributed by atoms with van der Waals surface area (Å²) >= 11 is 0. The molecule has 6 heterocycles. The number of ether oxygens (including phenoxy) is 2. The molecule has 0 radical (unpaired) electrons. The van der Waals surface area contributed by atoms with E-state index in [1.54, 1.807) is 0 Å². The van der Waals surface area contributed by atoms with Crippen LogP contribution in [-0.4, -0.2) is 114 Å². The number of hydrogen-bond acceptors (Lipinski definition) is 16. The average molecular weight is 645 g/mol. The van der Waals surface area contributed by atoms with Crippen LogP contribution < -0.4 is 11.3 Å². The number of rotatable bonds is 9. The van der Waals surface area contributed by atoms with Crippen molar-refractivity contribution in [1.82, 2.24) is 39.0 Å². The lowest BCUT2D eigenvalue weighted by molar-refractivity contribution is -0.0494. The molecule has 2 saturated heterocycles. The smallest absolute Gasteiger partial charge is 0.338 e. The molecule has 21 nitrogen and oxygen atoms in total. The number of hydrogen-bond donors (Lipinski definition) is 7. The number of nitrogens with two attached hydrogens (primary N) is 1. The van der Waals surface area contributed by atoms with Crippen molar-refractivity contribution >= 4 is 44.1 Å². The summed E-state index contributed by atoms with van der Waals surface area (Å²) in [6.07, 6.45) is -5.32. The third kappa shape index (κ3) is 5.38. The van der Waals surface area contributed by atoms with Crippen molar-refractivity contribution in [3.63, 3.8) is 0 Å². The Bertz CT molecular complexity index is 1780. The molecule has 4 aromatic rings. The fourth-order valence-corrected chi connectivity index (χ4v) is 7.02. The Kier molecular flexibility index (Phi) is 7.90. The molecule has 0 saturated carbocycles. The zero-order valence-electron chi connectivity index (χ0n) is 21.6. The zero-order chi connectivity index (χ0) is 30.6. The van der Waals surface area contributed by atoms with E-state index in [1.165, 1.54) is 23.4 Å². The minimum absolute atomic E-state index is 0.155. The van der Waals surface area contributed by atoms with Crippen molar-refractivity contribution in [2.45, 2.75) is 48.6 Å². The van der Waals surface area contributed by atoms with Gasteiger partial charge in [0.2, 0.25) is 5.95 Å². The van der Waals surface area contributed by atoms with E-state index in [4.69, 9.17) is 24.6 Å². The van der Waals surface area contributed by atoms with Crippen molar-refractivity contribution in [2.24, 2.45) is 0 Å². The first-order valence-electron chi connectivity index (χ1n) is 12.5. The molecule has 0 aliphatic carbocycles. The fraction of sp³-hybridized carbons (Fsp3) is 0.500. The van der Waals surface area contributed by atoms with Gasteiger partial charge in [-0.15, -0.1) is 0 Å². The molecule has 2 fully saturated rings. The molecule has 0 bridgehead atoms. The number of H-pyrrole nitrogens is 1. The summed E-state index contributed by atoms with van der Waals surface area (Å²) in [7, 11) is -8.43. The second-order valence-corrected chi connectivity index (χ2v) is 12.5. The maximum atomic E-state index is 13.7. The lowest BCUT2D eigenvalue weighted by Crippen LogP contribution is -2.36. The SMILES string of the molecule is Nc1nc2c(ncn2[C@@H]2O[C@H](CO[PH](=O)O)[C@@H](O)[C@H]2P(=O)(O)OC[C@H]2O[C@@H](n3cnc4cncnc43)[C@H](O)[C@@H]2O)c(=O)[nH]1. The van der Waals surface area contributed by atoms with Crippen molar-refractivity contribution in [3.8, 4) is 0 Å². The van der Waals surface area contributed by atoms with Crippen LogP contribution in [0, 0.1) is 0 Å². The van der Waals surface area contributed by atoms with Crippen LogP contribution in [0.1, 0.15) is 12.5 Å². The molecule has 10 atom stereocenters. The normalized spacial score (nSPS) is 31.6. The number of nitrogens with zero attached hydrogens (tertiary/aromatic N) is 7. The van der Waals surface area contributed by atoms with Gasteiger partial charge in [-0.25, -0.2) is 19.9 Å². The van der Waals surface area contributed by atoms with Crippen LogP contribution in [0.4, 0.5) is 5.95 Å². The summed E-state index contributed by atoms with van der Waals surface area (Å²) in [5.41, 5.74) is 3.48. The van der Waals surface area contributed by atoms with Crippen LogP contribution in [-0.2, 0) is 27.7 Å². The zero-order valence-corrected chi connectivity index (χ0v) is 23.5. The highest BCUT2D eigenvalue weighted by Crippen LogP contribution is 2.57. The molecular formula is C20H25N9O12P2. The highest BCUT2D eigenvalue weighted by molar-refractivity contribution is 7.53.